The quantitative estimate of drug-likeness (QED) is 0.707. The van der Waals surface area contributed by atoms with Crippen molar-refractivity contribution in [1.82, 2.24) is 10.2 Å². The standard InChI is InChI=1S/C19H15Cl2N3O/c20-15-9-14(10-16(21)19(15)25)17-5-6-18(23-22-17)24-8-7-12-3-1-2-4-13(12)11-24/h1-6,9-10,25H,7-8,11H2. The molecule has 0 radical (unpaired) electrons. The predicted octanol–water partition coefficient (Wildman–Crippen LogP) is 4.72. The number of aromatic hydroxyl groups is 1. The zero-order valence-corrected chi connectivity index (χ0v) is 14.8. The third-order valence-electron chi connectivity index (χ3n) is 4.42. The topological polar surface area (TPSA) is 49.2 Å². The van der Waals surface area contributed by atoms with Gasteiger partial charge in [0.05, 0.1) is 15.7 Å². The van der Waals surface area contributed by atoms with Crippen molar-refractivity contribution >= 4 is 29.0 Å². The van der Waals surface area contributed by atoms with Crippen LogP contribution in [0.5, 0.6) is 5.75 Å². The molecule has 0 saturated carbocycles. The zero-order valence-electron chi connectivity index (χ0n) is 13.3. The maximum Gasteiger partial charge on any atom is 0.152 e. The molecular formula is C19H15Cl2N3O. The lowest BCUT2D eigenvalue weighted by Crippen LogP contribution is -2.31. The van der Waals surface area contributed by atoms with Gasteiger partial charge >= 0.3 is 0 Å². The highest BCUT2D eigenvalue weighted by Gasteiger charge is 2.17. The van der Waals surface area contributed by atoms with Crippen LogP contribution in [0.1, 0.15) is 11.1 Å². The number of fused-ring (bicyclic) bond motifs is 1. The molecule has 0 spiro atoms. The number of benzene rings is 2. The lowest BCUT2D eigenvalue weighted by molar-refractivity contribution is 0.476. The Morgan fingerprint density at radius 1 is 0.920 bits per heavy atom. The van der Waals surface area contributed by atoms with Crippen molar-refractivity contribution in [3.63, 3.8) is 0 Å². The summed E-state index contributed by atoms with van der Waals surface area (Å²) in [5.41, 5.74) is 4.11. The highest BCUT2D eigenvalue weighted by atomic mass is 35.5. The number of phenols is 1. The summed E-state index contributed by atoms with van der Waals surface area (Å²) in [6.45, 7) is 1.75. The van der Waals surface area contributed by atoms with Gasteiger partial charge in [-0.05, 0) is 41.8 Å². The Balaban J connectivity index is 1.59. The van der Waals surface area contributed by atoms with Crippen LogP contribution in [-0.4, -0.2) is 21.8 Å². The van der Waals surface area contributed by atoms with Crippen molar-refractivity contribution in [2.45, 2.75) is 13.0 Å². The van der Waals surface area contributed by atoms with Gasteiger partial charge in [-0.15, -0.1) is 10.2 Å². The fourth-order valence-electron chi connectivity index (χ4n) is 3.05. The first-order valence-electron chi connectivity index (χ1n) is 7.95. The van der Waals surface area contributed by atoms with Crippen LogP contribution < -0.4 is 4.90 Å². The number of aromatic nitrogens is 2. The molecule has 1 aromatic heterocycles. The fourth-order valence-corrected chi connectivity index (χ4v) is 3.54. The van der Waals surface area contributed by atoms with Gasteiger partial charge in [0.1, 0.15) is 0 Å². The average molecular weight is 372 g/mol. The van der Waals surface area contributed by atoms with E-state index in [1.165, 1.54) is 11.1 Å². The third kappa shape index (κ3) is 3.15. The summed E-state index contributed by atoms with van der Waals surface area (Å²) in [6.07, 6.45) is 1.00. The summed E-state index contributed by atoms with van der Waals surface area (Å²) in [7, 11) is 0. The van der Waals surface area contributed by atoms with E-state index < -0.39 is 0 Å². The van der Waals surface area contributed by atoms with E-state index in [4.69, 9.17) is 23.2 Å². The van der Waals surface area contributed by atoms with Crippen LogP contribution in [0.25, 0.3) is 11.3 Å². The molecule has 1 aliphatic heterocycles. The Bertz CT molecular complexity index is 905. The van der Waals surface area contributed by atoms with Crippen LogP contribution in [0.15, 0.2) is 48.5 Å². The predicted molar refractivity (Wildman–Crippen MR) is 100 cm³/mol. The average Bonchev–Trinajstić information content (AvgIpc) is 2.65. The molecule has 2 aromatic carbocycles. The number of nitrogens with zero attached hydrogens (tertiary/aromatic N) is 3. The van der Waals surface area contributed by atoms with Crippen LogP contribution >= 0.6 is 23.2 Å². The van der Waals surface area contributed by atoms with E-state index in [0.717, 1.165) is 30.9 Å². The van der Waals surface area contributed by atoms with Crippen LogP contribution in [-0.2, 0) is 13.0 Å². The molecule has 0 fully saturated rings. The second kappa shape index (κ2) is 6.54. The van der Waals surface area contributed by atoms with E-state index in [1.807, 2.05) is 12.1 Å². The minimum atomic E-state index is -0.122. The third-order valence-corrected chi connectivity index (χ3v) is 4.99. The van der Waals surface area contributed by atoms with Gasteiger partial charge in [-0.2, -0.15) is 0 Å². The fraction of sp³-hybridized carbons (Fsp3) is 0.158. The second-order valence-corrected chi connectivity index (χ2v) is 6.82. The number of rotatable bonds is 2. The Morgan fingerprint density at radius 2 is 1.64 bits per heavy atom. The van der Waals surface area contributed by atoms with E-state index in [2.05, 4.69) is 39.4 Å². The van der Waals surface area contributed by atoms with Crippen molar-refractivity contribution in [3.05, 3.63) is 69.7 Å². The molecule has 6 heteroatoms. The molecule has 0 saturated heterocycles. The minimum Gasteiger partial charge on any atom is -0.505 e. The molecule has 0 atom stereocenters. The van der Waals surface area contributed by atoms with Gasteiger partial charge < -0.3 is 10.0 Å². The molecule has 1 aliphatic rings. The molecule has 25 heavy (non-hydrogen) atoms. The molecule has 0 aliphatic carbocycles. The van der Waals surface area contributed by atoms with E-state index in [1.54, 1.807) is 12.1 Å². The highest BCUT2D eigenvalue weighted by molar-refractivity contribution is 6.37. The number of hydrogen-bond donors (Lipinski definition) is 1. The molecule has 0 bridgehead atoms. The molecule has 4 rings (SSSR count). The van der Waals surface area contributed by atoms with Gasteiger partial charge in [-0.3, -0.25) is 0 Å². The maximum absolute atomic E-state index is 9.67. The van der Waals surface area contributed by atoms with Gasteiger partial charge in [0.2, 0.25) is 0 Å². The lowest BCUT2D eigenvalue weighted by Gasteiger charge is -2.29. The Morgan fingerprint density at radius 3 is 2.32 bits per heavy atom. The van der Waals surface area contributed by atoms with Gasteiger partial charge in [-0.1, -0.05) is 47.5 Å². The zero-order chi connectivity index (χ0) is 17.4. The van der Waals surface area contributed by atoms with Gasteiger partial charge in [0.25, 0.3) is 0 Å². The monoisotopic (exact) mass is 371 g/mol. The SMILES string of the molecule is Oc1c(Cl)cc(-c2ccc(N3CCc4ccccc4C3)nn2)cc1Cl. The summed E-state index contributed by atoms with van der Waals surface area (Å²) in [5, 5.41) is 18.7. The normalized spacial score (nSPS) is 13.6. The molecule has 2 heterocycles. The van der Waals surface area contributed by atoms with Crippen molar-refractivity contribution in [3.8, 4) is 17.0 Å². The van der Waals surface area contributed by atoms with E-state index in [9.17, 15) is 5.11 Å². The first kappa shape index (κ1) is 16.2. The summed E-state index contributed by atoms with van der Waals surface area (Å²) in [5.74, 6) is 0.720. The van der Waals surface area contributed by atoms with Crippen LogP contribution in [0.4, 0.5) is 5.82 Å². The van der Waals surface area contributed by atoms with E-state index >= 15 is 0 Å². The Hall–Kier alpha value is -2.30. The minimum absolute atomic E-state index is 0.122. The molecule has 4 nitrogen and oxygen atoms in total. The van der Waals surface area contributed by atoms with Gasteiger partial charge in [0.15, 0.2) is 11.6 Å². The van der Waals surface area contributed by atoms with Crippen molar-refractivity contribution in [2.24, 2.45) is 0 Å². The summed E-state index contributed by atoms with van der Waals surface area (Å²) < 4.78 is 0. The Labute approximate surface area is 155 Å². The lowest BCUT2D eigenvalue weighted by atomic mass is 10.00. The molecular weight excluding hydrogens is 357 g/mol. The molecule has 1 N–H and O–H groups in total. The van der Waals surface area contributed by atoms with E-state index in [-0.39, 0.29) is 15.8 Å². The van der Waals surface area contributed by atoms with Crippen LogP contribution in [0.2, 0.25) is 10.0 Å². The summed E-state index contributed by atoms with van der Waals surface area (Å²) in [6, 6.07) is 15.6. The van der Waals surface area contributed by atoms with Gasteiger partial charge in [-0.25, -0.2) is 0 Å². The number of hydrogen-bond acceptors (Lipinski definition) is 4. The molecule has 126 valence electrons. The van der Waals surface area contributed by atoms with Crippen molar-refractivity contribution in [2.75, 3.05) is 11.4 Å². The van der Waals surface area contributed by atoms with Crippen LogP contribution in [0, 0.1) is 0 Å². The van der Waals surface area contributed by atoms with Crippen LogP contribution in [0.3, 0.4) is 0 Å². The van der Waals surface area contributed by atoms with E-state index in [0.29, 0.717) is 5.69 Å². The second-order valence-electron chi connectivity index (χ2n) is 6.01. The summed E-state index contributed by atoms with van der Waals surface area (Å²) >= 11 is 12.0. The molecule has 3 aromatic rings. The van der Waals surface area contributed by atoms with Crippen molar-refractivity contribution < 1.29 is 5.11 Å². The maximum atomic E-state index is 9.67. The number of phenolic OH excluding ortho intramolecular Hbond substituents is 1. The first-order valence-corrected chi connectivity index (χ1v) is 8.71. The number of anilines is 1. The first-order chi connectivity index (χ1) is 12.1. The molecule has 0 amide bonds. The largest absolute Gasteiger partial charge is 0.505 e. The molecule has 0 unspecified atom stereocenters. The van der Waals surface area contributed by atoms with Crippen molar-refractivity contribution in [1.29, 1.82) is 0 Å². The van der Waals surface area contributed by atoms with Gasteiger partial charge in [0, 0.05) is 18.7 Å². The highest BCUT2D eigenvalue weighted by Crippen LogP contribution is 2.36. The number of halogens is 2. The Kier molecular flexibility index (Phi) is 4.24. The smallest absolute Gasteiger partial charge is 0.152 e. The summed E-state index contributed by atoms with van der Waals surface area (Å²) in [4.78, 5) is 2.22.